The minimum Gasteiger partial charge on any atom is -0.508 e. The lowest BCUT2D eigenvalue weighted by atomic mass is 9.82. The van der Waals surface area contributed by atoms with Gasteiger partial charge in [-0.15, -0.1) is 0 Å². The summed E-state index contributed by atoms with van der Waals surface area (Å²) in [4.78, 5) is 0. The van der Waals surface area contributed by atoms with E-state index in [9.17, 15) is 5.11 Å². The molecule has 0 aliphatic heterocycles. The Morgan fingerprint density at radius 3 is 2.48 bits per heavy atom. The zero-order valence-corrected chi connectivity index (χ0v) is 13.7. The third-order valence-electron chi connectivity index (χ3n) is 4.97. The molecule has 1 N–H and O–H groups in total. The SMILES string of the molecule is COc1cccc(O)c1[C@@H]1CCC[C@H]1C(OC)c1ccccc1. The zero-order chi connectivity index (χ0) is 16.2. The van der Waals surface area contributed by atoms with Crippen LogP contribution < -0.4 is 4.74 Å². The second-order valence-electron chi connectivity index (χ2n) is 6.16. The average molecular weight is 312 g/mol. The quantitative estimate of drug-likeness (QED) is 0.871. The van der Waals surface area contributed by atoms with Crippen molar-refractivity contribution in [3.8, 4) is 11.5 Å². The molecule has 0 aromatic heterocycles. The third kappa shape index (κ3) is 3.06. The van der Waals surface area contributed by atoms with Crippen molar-refractivity contribution >= 4 is 0 Å². The number of hydrogen-bond acceptors (Lipinski definition) is 3. The molecule has 2 aromatic rings. The Balaban J connectivity index is 1.97. The Labute approximate surface area is 137 Å². The van der Waals surface area contributed by atoms with Gasteiger partial charge in [0.1, 0.15) is 11.5 Å². The highest BCUT2D eigenvalue weighted by molar-refractivity contribution is 5.47. The van der Waals surface area contributed by atoms with Gasteiger partial charge in [0.2, 0.25) is 0 Å². The van der Waals surface area contributed by atoms with Crippen molar-refractivity contribution in [2.24, 2.45) is 5.92 Å². The molecule has 2 aromatic carbocycles. The standard InChI is InChI=1S/C20H24O3/c1-22-18-13-7-12-17(21)19(18)15-10-6-11-16(15)20(23-2)14-8-4-3-5-9-14/h3-5,7-9,12-13,15-16,20-21H,6,10-11H2,1-2H3/t15-,16-,20?/m1/s1. The number of methoxy groups -OCH3 is 2. The Kier molecular flexibility index (Phi) is 4.87. The molecule has 3 rings (SSSR count). The minimum atomic E-state index is 0.0352. The lowest BCUT2D eigenvalue weighted by molar-refractivity contribution is 0.0462. The molecule has 3 nitrogen and oxygen atoms in total. The van der Waals surface area contributed by atoms with Crippen molar-refractivity contribution in [2.75, 3.05) is 14.2 Å². The van der Waals surface area contributed by atoms with E-state index in [1.807, 2.05) is 30.3 Å². The van der Waals surface area contributed by atoms with E-state index in [1.165, 1.54) is 5.56 Å². The minimum absolute atomic E-state index is 0.0352. The monoisotopic (exact) mass is 312 g/mol. The van der Waals surface area contributed by atoms with Crippen molar-refractivity contribution in [3.05, 3.63) is 59.7 Å². The summed E-state index contributed by atoms with van der Waals surface area (Å²) in [5, 5.41) is 10.4. The van der Waals surface area contributed by atoms with Gasteiger partial charge in [-0.3, -0.25) is 0 Å². The number of benzene rings is 2. The van der Waals surface area contributed by atoms with Crippen LogP contribution in [0.2, 0.25) is 0 Å². The van der Waals surface area contributed by atoms with E-state index in [0.717, 1.165) is 30.6 Å². The van der Waals surface area contributed by atoms with Crippen molar-refractivity contribution in [2.45, 2.75) is 31.3 Å². The van der Waals surface area contributed by atoms with Crippen LogP contribution in [0.1, 0.15) is 42.4 Å². The molecule has 3 heteroatoms. The summed E-state index contributed by atoms with van der Waals surface area (Å²) in [7, 11) is 3.43. The van der Waals surface area contributed by atoms with Gasteiger partial charge in [0.05, 0.1) is 13.2 Å². The Bertz CT molecular complexity index is 639. The van der Waals surface area contributed by atoms with E-state index < -0.39 is 0 Å². The third-order valence-corrected chi connectivity index (χ3v) is 4.97. The summed E-state index contributed by atoms with van der Waals surface area (Å²) in [6, 6.07) is 15.8. The maximum Gasteiger partial charge on any atom is 0.126 e. The van der Waals surface area contributed by atoms with Gasteiger partial charge in [-0.25, -0.2) is 0 Å². The molecule has 1 saturated carbocycles. The molecule has 0 spiro atoms. The van der Waals surface area contributed by atoms with E-state index in [0.29, 0.717) is 11.7 Å². The highest BCUT2D eigenvalue weighted by Gasteiger charge is 2.38. The molecule has 0 heterocycles. The fraction of sp³-hybridized carbons (Fsp3) is 0.400. The number of rotatable bonds is 5. The summed E-state index contributed by atoms with van der Waals surface area (Å²) in [6.45, 7) is 0. The summed E-state index contributed by atoms with van der Waals surface area (Å²) in [6.07, 6.45) is 3.31. The van der Waals surface area contributed by atoms with E-state index in [4.69, 9.17) is 9.47 Å². The molecule has 122 valence electrons. The first-order valence-corrected chi connectivity index (χ1v) is 8.20. The number of phenols is 1. The summed E-state index contributed by atoms with van der Waals surface area (Å²) < 4.78 is 11.4. The second kappa shape index (κ2) is 7.05. The van der Waals surface area contributed by atoms with Crippen LogP contribution in [0.4, 0.5) is 0 Å². The van der Waals surface area contributed by atoms with Gasteiger partial charge in [0, 0.05) is 12.7 Å². The maximum atomic E-state index is 10.4. The highest BCUT2D eigenvalue weighted by atomic mass is 16.5. The van der Waals surface area contributed by atoms with Crippen molar-refractivity contribution in [1.29, 1.82) is 0 Å². The first-order chi connectivity index (χ1) is 11.3. The van der Waals surface area contributed by atoms with Gasteiger partial charge in [-0.05, 0) is 42.4 Å². The van der Waals surface area contributed by atoms with Crippen LogP contribution in [-0.4, -0.2) is 19.3 Å². The Morgan fingerprint density at radius 2 is 1.78 bits per heavy atom. The van der Waals surface area contributed by atoms with Gasteiger partial charge in [0.15, 0.2) is 0 Å². The van der Waals surface area contributed by atoms with E-state index in [1.54, 1.807) is 20.3 Å². The first kappa shape index (κ1) is 15.9. The number of ether oxygens (including phenoxy) is 2. The Hall–Kier alpha value is -2.00. The molecule has 1 fully saturated rings. The highest BCUT2D eigenvalue weighted by Crippen LogP contribution is 2.51. The van der Waals surface area contributed by atoms with E-state index >= 15 is 0 Å². The normalized spacial score (nSPS) is 22.0. The predicted octanol–water partition coefficient (Wildman–Crippen LogP) is 4.67. The van der Waals surface area contributed by atoms with Crippen LogP contribution in [0.3, 0.4) is 0 Å². The van der Waals surface area contributed by atoms with Gasteiger partial charge in [0.25, 0.3) is 0 Å². The number of hydrogen-bond donors (Lipinski definition) is 1. The number of phenolic OH excluding ortho intramolecular Hbond substituents is 1. The maximum absolute atomic E-state index is 10.4. The van der Waals surface area contributed by atoms with Gasteiger partial charge < -0.3 is 14.6 Å². The van der Waals surface area contributed by atoms with Crippen LogP contribution in [0.15, 0.2) is 48.5 Å². The molecule has 0 radical (unpaired) electrons. The first-order valence-electron chi connectivity index (χ1n) is 8.20. The fourth-order valence-corrected chi connectivity index (χ4v) is 3.99. The topological polar surface area (TPSA) is 38.7 Å². The molecular formula is C20H24O3. The molecule has 1 aliphatic rings. The predicted molar refractivity (Wildman–Crippen MR) is 90.9 cm³/mol. The van der Waals surface area contributed by atoms with Gasteiger partial charge >= 0.3 is 0 Å². The largest absolute Gasteiger partial charge is 0.508 e. The molecule has 0 saturated heterocycles. The Morgan fingerprint density at radius 1 is 1.00 bits per heavy atom. The summed E-state index contributed by atoms with van der Waals surface area (Å²) in [5.74, 6) is 1.68. The molecule has 3 atom stereocenters. The van der Waals surface area contributed by atoms with Crippen molar-refractivity contribution < 1.29 is 14.6 Å². The summed E-state index contributed by atoms with van der Waals surface area (Å²) >= 11 is 0. The van der Waals surface area contributed by atoms with Crippen LogP contribution >= 0.6 is 0 Å². The van der Waals surface area contributed by atoms with Gasteiger partial charge in [-0.1, -0.05) is 42.8 Å². The fourth-order valence-electron chi connectivity index (χ4n) is 3.99. The van der Waals surface area contributed by atoms with Gasteiger partial charge in [-0.2, -0.15) is 0 Å². The molecule has 23 heavy (non-hydrogen) atoms. The lowest BCUT2D eigenvalue weighted by Crippen LogP contribution is -2.18. The molecular weight excluding hydrogens is 288 g/mol. The molecule has 0 bridgehead atoms. The second-order valence-corrected chi connectivity index (χ2v) is 6.16. The van der Waals surface area contributed by atoms with Crippen molar-refractivity contribution in [1.82, 2.24) is 0 Å². The van der Waals surface area contributed by atoms with Crippen LogP contribution in [0.5, 0.6) is 11.5 Å². The van der Waals surface area contributed by atoms with Crippen LogP contribution in [0, 0.1) is 5.92 Å². The average Bonchev–Trinajstić information content (AvgIpc) is 3.05. The van der Waals surface area contributed by atoms with E-state index in [2.05, 4.69) is 12.1 Å². The van der Waals surface area contributed by atoms with Crippen LogP contribution in [-0.2, 0) is 4.74 Å². The lowest BCUT2D eigenvalue weighted by Gasteiger charge is -2.29. The molecule has 0 amide bonds. The van der Waals surface area contributed by atoms with Crippen molar-refractivity contribution in [3.63, 3.8) is 0 Å². The number of aromatic hydroxyl groups is 1. The smallest absolute Gasteiger partial charge is 0.126 e. The van der Waals surface area contributed by atoms with E-state index in [-0.39, 0.29) is 12.0 Å². The summed E-state index contributed by atoms with van der Waals surface area (Å²) in [5.41, 5.74) is 2.12. The molecule has 1 unspecified atom stereocenters. The molecule has 1 aliphatic carbocycles. The zero-order valence-electron chi connectivity index (χ0n) is 13.7. The van der Waals surface area contributed by atoms with Crippen LogP contribution in [0.25, 0.3) is 0 Å².